The highest BCUT2D eigenvalue weighted by Gasteiger charge is 2.45. The molecule has 8 rings (SSSR count). The lowest BCUT2D eigenvalue weighted by atomic mass is 9.91. The van der Waals surface area contributed by atoms with E-state index in [0.29, 0.717) is 38.7 Å². The molecule has 9 nitrogen and oxygen atoms in total. The van der Waals surface area contributed by atoms with Crippen LogP contribution in [0.4, 0.5) is 27.8 Å². The van der Waals surface area contributed by atoms with Crippen molar-refractivity contribution in [3.05, 3.63) is 41.1 Å². The third-order valence-electron chi connectivity index (χ3n) is 9.96. The summed E-state index contributed by atoms with van der Waals surface area (Å²) < 4.78 is 88.1. The molecular weight excluding hydrogens is 609 g/mol. The molecule has 5 heterocycles. The van der Waals surface area contributed by atoms with Gasteiger partial charge in [-0.2, -0.15) is 28.2 Å². The largest absolute Gasteiger partial charge is 0.463 e. The number of alkyl halides is 3. The fourth-order valence-electron chi connectivity index (χ4n) is 7.49. The summed E-state index contributed by atoms with van der Waals surface area (Å²) in [6.07, 6.45) is 0.136. The molecule has 2 aromatic carbocycles. The molecule has 3 aliphatic heterocycles. The number of nitrogens with zero attached hydrogens (tertiary/aromatic N) is 5. The second-order valence-corrected chi connectivity index (χ2v) is 13.3. The van der Waals surface area contributed by atoms with E-state index in [4.69, 9.17) is 14.5 Å². The first-order chi connectivity index (χ1) is 22.1. The minimum atomic E-state index is -4.89. The van der Waals surface area contributed by atoms with Gasteiger partial charge >= 0.3 is 12.2 Å². The van der Waals surface area contributed by atoms with Crippen molar-refractivity contribution in [2.24, 2.45) is 5.41 Å². The average Bonchev–Trinajstić information content (AvgIpc) is 3.46. The van der Waals surface area contributed by atoms with Gasteiger partial charge in [0.2, 0.25) is 0 Å². The SMILES string of the molecule is Cc1cc2[nH]ncc2c(-c2c(F)cc3c(N4CC5CCC(C4)N5)nc(OCC4(CN5CCOCC5)CC4)nc3c2F)c1C(F)(F)F. The number of aromatic nitrogens is 4. The van der Waals surface area contributed by atoms with Crippen molar-refractivity contribution in [3.8, 4) is 17.1 Å². The minimum Gasteiger partial charge on any atom is -0.463 e. The van der Waals surface area contributed by atoms with Crippen LogP contribution < -0.4 is 15.0 Å². The van der Waals surface area contributed by atoms with Gasteiger partial charge in [-0.15, -0.1) is 0 Å². The van der Waals surface area contributed by atoms with E-state index in [9.17, 15) is 13.2 Å². The molecule has 0 amide bonds. The van der Waals surface area contributed by atoms with E-state index >= 15 is 8.78 Å². The van der Waals surface area contributed by atoms with Crippen LogP contribution in [0.25, 0.3) is 32.9 Å². The topological polar surface area (TPSA) is 91.4 Å². The Morgan fingerprint density at radius 3 is 2.46 bits per heavy atom. The number of morpholine rings is 1. The van der Waals surface area contributed by atoms with Crippen molar-refractivity contribution in [2.75, 3.05) is 57.4 Å². The van der Waals surface area contributed by atoms with Crippen molar-refractivity contribution in [2.45, 2.75) is 50.9 Å². The Balaban J connectivity index is 1.25. The molecule has 4 aromatic rings. The number of halogens is 5. The molecular formula is C32H34F5N7O2. The van der Waals surface area contributed by atoms with Gasteiger partial charge in [0.25, 0.3) is 0 Å². The monoisotopic (exact) mass is 643 g/mol. The summed E-state index contributed by atoms with van der Waals surface area (Å²) in [5.74, 6) is -2.02. The Morgan fingerprint density at radius 1 is 1.02 bits per heavy atom. The number of benzene rings is 2. The number of hydrogen-bond acceptors (Lipinski definition) is 8. The van der Waals surface area contributed by atoms with Crippen LogP contribution in [0, 0.1) is 24.0 Å². The highest BCUT2D eigenvalue weighted by atomic mass is 19.4. The summed E-state index contributed by atoms with van der Waals surface area (Å²) in [7, 11) is 0. The molecule has 0 spiro atoms. The normalized spacial score (nSPS) is 23.0. The highest BCUT2D eigenvalue weighted by molar-refractivity contribution is 6.01. The zero-order chi connectivity index (χ0) is 31.8. The standard InChI is InChI=1S/C32H34F5N7O2/c1-17-10-23-21(12-38-42-23)24(26(17)32(35,36)37)25-22(33)11-20-28(27(25)34)40-30(41-29(20)44-13-18-2-3-19(14-44)39-18)46-16-31(4-5-31)15-43-6-8-45-9-7-43/h10-12,18-19,39H,2-9,13-16H2,1H3,(H,38,42). The lowest BCUT2D eigenvalue weighted by molar-refractivity contribution is -0.137. The van der Waals surface area contributed by atoms with Gasteiger partial charge in [-0.25, -0.2) is 8.78 Å². The smallest absolute Gasteiger partial charge is 0.417 e. The van der Waals surface area contributed by atoms with Gasteiger partial charge in [-0.3, -0.25) is 10.00 Å². The number of H-pyrrole nitrogens is 1. The molecule has 1 aliphatic carbocycles. The van der Waals surface area contributed by atoms with E-state index in [0.717, 1.165) is 57.6 Å². The number of rotatable bonds is 7. The van der Waals surface area contributed by atoms with Crippen molar-refractivity contribution < 1.29 is 31.4 Å². The molecule has 2 N–H and O–H groups in total. The number of hydrogen-bond donors (Lipinski definition) is 2. The number of piperazine rings is 1. The first-order valence-corrected chi connectivity index (χ1v) is 15.8. The maximum absolute atomic E-state index is 16.8. The zero-order valence-corrected chi connectivity index (χ0v) is 25.3. The van der Waals surface area contributed by atoms with Crippen molar-refractivity contribution in [1.29, 1.82) is 0 Å². The van der Waals surface area contributed by atoms with E-state index in [1.54, 1.807) is 0 Å². The van der Waals surface area contributed by atoms with Crippen LogP contribution in [0.5, 0.6) is 6.01 Å². The summed E-state index contributed by atoms with van der Waals surface area (Å²) in [6.45, 7) is 6.58. The second kappa shape index (κ2) is 11.0. The summed E-state index contributed by atoms with van der Waals surface area (Å²) >= 11 is 0. The van der Waals surface area contributed by atoms with E-state index in [1.165, 1.54) is 13.0 Å². The van der Waals surface area contributed by atoms with Gasteiger partial charge in [0.1, 0.15) is 17.2 Å². The molecule has 2 aromatic heterocycles. The summed E-state index contributed by atoms with van der Waals surface area (Å²) in [4.78, 5) is 13.4. The van der Waals surface area contributed by atoms with E-state index in [1.807, 2.05) is 4.90 Å². The molecule has 244 valence electrons. The van der Waals surface area contributed by atoms with Crippen LogP contribution in [0.3, 0.4) is 0 Å². The van der Waals surface area contributed by atoms with Crippen LogP contribution in [-0.2, 0) is 10.9 Å². The molecule has 3 saturated heterocycles. The van der Waals surface area contributed by atoms with Crippen LogP contribution in [0.1, 0.15) is 36.8 Å². The van der Waals surface area contributed by atoms with Gasteiger partial charge in [0.05, 0.1) is 42.7 Å². The Morgan fingerprint density at radius 2 is 1.76 bits per heavy atom. The average molecular weight is 644 g/mol. The number of aryl methyl sites for hydroxylation is 1. The molecule has 2 unspecified atom stereocenters. The van der Waals surface area contributed by atoms with Crippen molar-refractivity contribution >= 4 is 27.6 Å². The predicted octanol–water partition coefficient (Wildman–Crippen LogP) is 5.21. The predicted molar refractivity (Wildman–Crippen MR) is 161 cm³/mol. The molecule has 46 heavy (non-hydrogen) atoms. The number of fused-ring (bicyclic) bond motifs is 4. The van der Waals surface area contributed by atoms with E-state index in [-0.39, 0.29) is 50.9 Å². The second-order valence-electron chi connectivity index (χ2n) is 13.3. The first kappa shape index (κ1) is 29.8. The number of nitrogens with one attached hydrogen (secondary N) is 2. The van der Waals surface area contributed by atoms with Gasteiger partial charge in [0, 0.05) is 66.6 Å². The quantitative estimate of drug-likeness (QED) is 0.266. The van der Waals surface area contributed by atoms with Crippen LogP contribution in [-0.4, -0.2) is 89.7 Å². The number of ether oxygens (including phenoxy) is 2. The fraction of sp³-hybridized carbons (Fsp3) is 0.531. The molecule has 4 fully saturated rings. The Labute approximate surface area is 261 Å². The van der Waals surface area contributed by atoms with Gasteiger partial charge < -0.3 is 19.7 Å². The molecule has 0 radical (unpaired) electrons. The van der Waals surface area contributed by atoms with Crippen LogP contribution >= 0.6 is 0 Å². The molecule has 2 atom stereocenters. The van der Waals surface area contributed by atoms with Gasteiger partial charge in [0.15, 0.2) is 5.82 Å². The summed E-state index contributed by atoms with van der Waals surface area (Å²) in [5, 5.41) is 10.1. The maximum atomic E-state index is 16.8. The van der Waals surface area contributed by atoms with Crippen LogP contribution in [0.2, 0.25) is 0 Å². The Bertz CT molecular complexity index is 1810. The fourth-order valence-corrected chi connectivity index (χ4v) is 7.49. The third-order valence-corrected chi connectivity index (χ3v) is 9.96. The zero-order valence-electron chi connectivity index (χ0n) is 25.3. The molecule has 1 saturated carbocycles. The lowest BCUT2D eigenvalue weighted by Gasteiger charge is -2.34. The first-order valence-electron chi connectivity index (χ1n) is 15.8. The van der Waals surface area contributed by atoms with E-state index < -0.39 is 34.5 Å². The van der Waals surface area contributed by atoms with Gasteiger partial charge in [-0.05, 0) is 50.3 Å². The minimum absolute atomic E-state index is 0.0432. The van der Waals surface area contributed by atoms with Crippen LogP contribution in [0.15, 0.2) is 18.3 Å². The summed E-state index contributed by atoms with van der Waals surface area (Å²) in [5.41, 5.74) is -2.87. The Kier molecular flexibility index (Phi) is 7.11. The molecule has 4 aliphatic rings. The number of anilines is 1. The van der Waals surface area contributed by atoms with Gasteiger partial charge in [-0.1, -0.05) is 0 Å². The lowest BCUT2D eigenvalue weighted by Crippen LogP contribution is -2.51. The van der Waals surface area contributed by atoms with Crippen molar-refractivity contribution in [3.63, 3.8) is 0 Å². The molecule has 2 bridgehead atoms. The number of aromatic amines is 1. The summed E-state index contributed by atoms with van der Waals surface area (Å²) in [6, 6.07) is 2.65. The highest BCUT2D eigenvalue weighted by Crippen LogP contribution is 2.48. The maximum Gasteiger partial charge on any atom is 0.417 e. The molecule has 14 heteroatoms. The Hall–Kier alpha value is -3.62. The van der Waals surface area contributed by atoms with Crippen molar-refractivity contribution in [1.82, 2.24) is 30.4 Å². The van der Waals surface area contributed by atoms with E-state index in [2.05, 4.69) is 25.4 Å². The third kappa shape index (κ3) is 5.23.